The zero-order chi connectivity index (χ0) is 10.1. The van der Waals surface area contributed by atoms with Gasteiger partial charge in [-0.1, -0.05) is 0 Å². The number of epoxide rings is 1. The Morgan fingerprint density at radius 3 is 2.54 bits per heavy atom. The molecule has 13 heavy (non-hydrogen) atoms. The molecule has 0 spiro atoms. The number of hydrogen-bond donors (Lipinski definition) is 0. The van der Waals surface area contributed by atoms with Gasteiger partial charge < -0.3 is 9.47 Å². The van der Waals surface area contributed by atoms with Gasteiger partial charge in [-0.25, -0.2) is 4.79 Å². The third-order valence-electron chi connectivity index (χ3n) is 1.96. The second-order valence-electron chi connectivity index (χ2n) is 3.15. The molecular formula is C9H12O4. The Bertz CT molecular complexity index is 269. The summed E-state index contributed by atoms with van der Waals surface area (Å²) in [6.45, 7) is 3.21. The Labute approximate surface area is 76.5 Å². The summed E-state index contributed by atoms with van der Waals surface area (Å²) < 4.78 is 9.52. The number of hydrogen-bond acceptors (Lipinski definition) is 4. The number of ether oxygens (including phenoxy) is 2. The predicted molar refractivity (Wildman–Crippen MR) is 45.1 cm³/mol. The Morgan fingerprint density at radius 1 is 1.54 bits per heavy atom. The van der Waals surface area contributed by atoms with Gasteiger partial charge in [0.05, 0.1) is 7.11 Å². The first kappa shape index (κ1) is 9.92. The summed E-state index contributed by atoms with van der Waals surface area (Å²) in [5.41, 5.74) is -0.611. The van der Waals surface area contributed by atoms with E-state index in [4.69, 9.17) is 4.74 Å². The Balaban J connectivity index is 2.52. The number of rotatable bonds is 3. The molecule has 4 nitrogen and oxygen atoms in total. The van der Waals surface area contributed by atoms with Gasteiger partial charge in [0, 0.05) is 6.08 Å². The fourth-order valence-corrected chi connectivity index (χ4v) is 1.13. The zero-order valence-corrected chi connectivity index (χ0v) is 7.87. The molecule has 0 amide bonds. The summed E-state index contributed by atoms with van der Waals surface area (Å²) in [4.78, 5) is 21.6. The number of carbonyl (C=O) groups excluding carboxylic acids is 2. The molecule has 1 fully saturated rings. The molecule has 0 unspecified atom stereocenters. The van der Waals surface area contributed by atoms with Crippen LogP contribution in [0.3, 0.4) is 0 Å². The summed E-state index contributed by atoms with van der Waals surface area (Å²) in [7, 11) is 1.30. The van der Waals surface area contributed by atoms with Crippen molar-refractivity contribution in [1.29, 1.82) is 0 Å². The fourth-order valence-electron chi connectivity index (χ4n) is 1.13. The van der Waals surface area contributed by atoms with Gasteiger partial charge in [0.25, 0.3) is 0 Å². The largest absolute Gasteiger partial charge is 0.466 e. The van der Waals surface area contributed by atoms with E-state index in [-0.39, 0.29) is 5.78 Å². The van der Waals surface area contributed by atoms with Crippen LogP contribution in [0.2, 0.25) is 0 Å². The molecule has 0 aliphatic carbocycles. The van der Waals surface area contributed by atoms with Crippen LogP contribution in [0.1, 0.15) is 13.8 Å². The van der Waals surface area contributed by atoms with Gasteiger partial charge in [-0.05, 0) is 19.9 Å². The number of methoxy groups -OCH3 is 1. The van der Waals surface area contributed by atoms with Gasteiger partial charge in [0.1, 0.15) is 11.7 Å². The van der Waals surface area contributed by atoms with E-state index in [1.165, 1.54) is 20.1 Å². The smallest absolute Gasteiger partial charge is 0.330 e. The molecule has 0 aromatic rings. The van der Waals surface area contributed by atoms with Gasteiger partial charge in [-0.15, -0.1) is 0 Å². The minimum atomic E-state index is -0.611. The summed E-state index contributed by atoms with van der Waals surface area (Å²) in [6.07, 6.45) is 2.40. The van der Waals surface area contributed by atoms with Gasteiger partial charge in [-0.3, -0.25) is 4.79 Å². The average Bonchev–Trinajstić information content (AvgIpc) is 2.75. The lowest BCUT2D eigenvalue weighted by atomic mass is 10.1. The number of Topliss-reactive ketones (excluding diaryl/α,β-unsaturated/α-hetero) is 1. The Hall–Kier alpha value is -1.16. The van der Waals surface area contributed by atoms with Crippen molar-refractivity contribution < 1.29 is 19.1 Å². The Kier molecular flexibility index (Phi) is 2.52. The quantitative estimate of drug-likeness (QED) is 0.363. The second kappa shape index (κ2) is 3.30. The van der Waals surface area contributed by atoms with Crippen LogP contribution in [0, 0.1) is 0 Å². The van der Waals surface area contributed by atoms with E-state index in [2.05, 4.69) is 4.74 Å². The molecule has 0 aromatic heterocycles. The highest BCUT2D eigenvalue weighted by atomic mass is 16.6. The van der Waals surface area contributed by atoms with Gasteiger partial charge in [0.15, 0.2) is 5.78 Å². The van der Waals surface area contributed by atoms with Gasteiger partial charge in [-0.2, -0.15) is 0 Å². The van der Waals surface area contributed by atoms with Crippen LogP contribution >= 0.6 is 0 Å². The van der Waals surface area contributed by atoms with Crippen molar-refractivity contribution in [2.45, 2.75) is 25.6 Å². The maximum atomic E-state index is 10.9. The summed E-state index contributed by atoms with van der Waals surface area (Å²) in [6, 6.07) is 0. The van der Waals surface area contributed by atoms with E-state index >= 15 is 0 Å². The van der Waals surface area contributed by atoms with Gasteiger partial charge >= 0.3 is 5.97 Å². The van der Waals surface area contributed by atoms with Crippen molar-refractivity contribution in [1.82, 2.24) is 0 Å². The molecule has 2 atom stereocenters. The molecule has 0 bridgehead atoms. The second-order valence-corrected chi connectivity index (χ2v) is 3.15. The highest BCUT2D eigenvalue weighted by Gasteiger charge is 2.53. The average molecular weight is 184 g/mol. The van der Waals surface area contributed by atoms with E-state index in [9.17, 15) is 9.59 Å². The summed E-state index contributed by atoms with van der Waals surface area (Å²) in [5.74, 6) is -0.476. The highest BCUT2D eigenvalue weighted by molar-refractivity contribution is 5.86. The molecule has 0 N–H and O–H groups in total. The Morgan fingerprint density at radius 2 is 2.15 bits per heavy atom. The first-order valence-corrected chi connectivity index (χ1v) is 3.95. The van der Waals surface area contributed by atoms with E-state index < -0.39 is 17.7 Å². The lowest BCUT2D eigenvalue weighted by Crippen LogP contribution is -2.13. The van der Waals surface area contributed by atoms with E-state index in [0.29, 0.717) is 0 Å². The molecule has 1 aliphatic heterocycles. The molecule has 1 saturated heterocycles. The molecule has 4 heteroatoms. The van der Waals surface area contributed by atoms with Crippen LogP contribution in [0.4, 0.5) is 0 Å². The molecular weight excluding hydrogens is 172 g/mol. The lowest BCUT2D eigenvalue weighted by Gasteiger charge is -1.95. The van der Waals surface area contributed by atoms with Crippen molar-refractivity contribution in [3.8, 4) is 0 Å². The molecule has 1 heterocycles. The molecule has 1 aliphatic rings. The molecule has 0 saturated carbocycles. The van der Waals surface area contributed by atoms with Crippen molar-refractivity contribution in [3.05, 3.63) is 12.2 Å². The monoisotopic (exact) mass is 184 g/mol. The molecule has 0 aromatic carbocycles. The topological polar surface area (TPSA) is 55.9 Å². The third kappa shape index (κ3) is 2.15. The molecule has 1 rings (SSSR count). The molecule has 0 radical (unpaired) electrons. The van der Waals surface area contributed by atoms with Crippen LogP contribution < -0.4 is 0 Å². The van der Waals surface area contributed by atoms with Crippen molar-refractivity contribution in [2.75, 3.05) is 7.11 Å². The summed E-state index contributed by atoms with van der Waals surface area (Å²) in [5, 5.41) is 0. The van der Waals surface area contributed by atoms with Crippen LogP contribution in [-0.2, 0) is 19.1 Å². The first-order valence-electron chi connectivity index (χ1n) is 3.95. The zero-order valence-electron chi connectivity index (χ0n) is 7.87. The van der Waals surface area contributed by atoms with Gasteiger partial charge in [0.2, 0.25) is 0 Å². The van der Waals surface area contributed by atoms with E-state index in [0.717, 1.165) is 0 Å². The minimum Gasteiger partial charge on any atom is -0.466 e. The lowest BCUT2D eigenvalue weighted by molar-refractivity contribution is -0.134. The molecule has 72 valence electrons. The van der Waals surface area contributed by atoms with Crippen LogP contribution in [0.5, 0.6) is 0 Å². The maximum Gasteiger partial charge on any atom is 0.330 e. The number of ketones is 1. The highest BCUT2D eigenvalue weighted by Crippen LogP contribution is 2.37. The normalized spacial score (nSPS) is 31.8. The van der Waals surface area contributed by atoms with Crippen LogP contribution in [0.25, 0.3) is 0 Å². The van der Waals surface area contributed by atoms with Crippen molar-refractivity contribution in [2.24, 2.45) is 0 Å². The van der Waals surface area contributed by atoms with Crippen molar-refractivity contribution in [3.63, 3.8) is 0 Å². The number of carbonyl (C=O) groups is 2. The number of esters is 1. The maximum absolute atomic E-state index is 10.9. The van der Waals surface area contributed by atoms with Crippen molar-refractivity contribution >= 4 is 11.8 Å². The van der Waals surface area contributed by atoms with E-state index in [1.807, 2.05) is 0 Å². The third-order valence-corrected chi connectivity index (χ3v) is 1.96. The van der Waals surface area contributed by atoms with Crippen LogP contribution in [0.15, 0.2) is 12.2 Å². The first-order chi connectivity index (χ1) is 5.99. The summed E-state index contributed by atoms with van der Waals surface area (Å²) >= 11 is 0. The standard InChI is InChI=1S/C9H12O4/c1-6(10)8-9(2,13-8)5-4-7(11)12-3/h4-5,8H,1-3H3/b5-4+/t8-,9-/m1/s1. The fraction of sp³-hybridized carbons (Fsp3) is 0.556. The SMILES string of the molecule is COC(=O)/C=C/[C@@]1(C)O[C@@H]1C(C)=O. The minimum absolute atomic E-state index is 0.0305. The van der Waals surface area contributed by atoms with Crippen LogP contribution in [-0.4, -0.2) is 30.6 Å². The predicted octanol–water partition coefficient (Wildman–Crippen LogP) is 0.462. The van der Waals surface area contributed by atoms with E-state index in [1.54, 1.807) is 13.0 Å².